The quantitative estimate of drug-likeness (QED) is 0.817. The minimum Gasteiger partial charge on any atom is -0.396 e. The summed E-state index contributed by atoms with van der Waals surface area (Å²) in [4.78, 5) is 2.37. The van der Waals surface area contributed by atoms with Gasteiger partial charge < -0.3 is 5.73 Å². The van der Waals surface area contributed by atoms with Gasteiger partial charge in [-0.05, 0) is 43.5 Å². The van der Waals surface area contributed by atoms with E-state index in [1.807, 2.05) is 6.07 Å². The predicted molar refractivity (Wildman–Crippen MR) is 69.1 cm³/mol. The first kappa shape index (κ1) is 12.4. The van der Waals surface area contributed by atoms with E-state index in [0.717, 1.165) is 31.1 Å². The van der Waals surface area contributed by atoms with Crippen LogP contribution < -0.4 is 5.73 Å². The van der Waals surface area contributed by atoms with Crippen molar-refractivity contribution in [1.29, 1.82) is 0 Å². The summed E-state index contributed by atoms with van der Waals surface area (Å²) >= 11 is 0. The lowest BCUT2D eigenvalue weighted by Crippen LogP contribution is -2.33. The van der Waals surface area contributed by atoms with Crippen LogP contribution in [0.4, 0.5) is 10.1 Å². The summed E-state index contributed by atoms with van der Waals surface area (Å²) in [6.07, 6.45) is 3.79. The van der Waals surface area contributed by atoms with Gasteiger partial charge >= 0.3 is 0 Å². The zero-order valence-electron chi connectivity index (χ0n) is 10.5. The average molecular weight is 236 g/mol. The minimum absolute atomic E-state index is 0.300. The second kappa shape index (κ2) is 5.50. The standard InChI is InChI=1S/C14H21FN2/c1-2-11-6-8-17(9-7-11)10-12-4-3-5-13(15)14(12)16/h3-5,11H,2,6-10,16H2,1H3. The first-order valence-electron chi connectivity index (χ1n) is 6.46. The maximum Gasteiger partial charge on any atom is 0.146 e. The third kappa shape index (κ3) is 2.97. The van der Waals surface area contributed by atoms with Crippen LogP contribution in [0.1, 0.15) is 31.7 Å². The maximum atomic E-state index is 13.3. The molecule has 17 heavy (non-hydrogen) atoms. The number of nitrogens with zero attached hydrogens (tertiary/aromatic N) is 1. The molecule has 0 saturated carbocycles. The molecule has 0 aromatic heterocycles. The molecule has 2 N–H and O–H groups in total. The fourth-order valence-corrected chi connectivity index (χ4v) is 2.51. The van der Waals surface area contributed by atoms with Crippen molar-refractivity contribution in [3.8, 4) is 0 Å². The topological polar surface area (TPSA) is 29.3 Å². The summed E-state index contributed by atoms with van der Waals surface area (Å²) in [7, 11) is 0. The van der Waals surface area contributed by atoms with Gasteiger partial charge in [-0.15, -0.1) is 0 Å². The third-order valence-electron chi connectivity index (χ3n) is 3.82. The van der Waals surface area contributed by atoms with Crippen molar-refractivity contribution in [2.45, 2.75) is 32.7 Å². The van der Waals surface area contributed by atoms with Gasteiger partial charge in [0.15, 0.2) is 0 Å². The van der Waals surface area contributed by atoms with E-state index in [2.05, 4.69) is 11.8 Å². The van der Waals surface area contributed by atoms with E-state index in [-0.39, 0.29) is 5.82 Å². The number of likely N-dealkylation sites (tertiary alicyclic amines) is 1. The Balaban J connectivity index is 1.95. The molecule has 1 saturated heterocycles. The molecule has 3 heteroatoms. The molecular weight excluding hydrogens is 215 g/mol. The van der Waals surface area contributed by atoms with E-state index in [9.17, 15) is 4.39 Å². The van der Waals surface area contributed by atoms with Gasteiger partial charge in [-0.3, -0.25) is 4.90 Å². The van der Waals surface area contributed by atoms with Crippen molar-refractivity contribution in [1.82, 2.24) is 4.90 Å². The predicted octanol–water partition coefficient (Wildman–Crippen LogP) is 3.03. The molecule has 94 valence electrons. The smallest absolute Gasteiger partial charge is 0.146 e. The molecule has 1 aromatic rings. The Morgan fingerprint density at radius 2 is 2.06 bits per heavy atom. The zero-order valence-corrected chi connectivity index (χ0v) is 10.5. The molecule has 2 rings (SSSR count). The molecule has 0 atom stereocenters. The molecule has 1 aliphatic rings. The highest BCUT2D eigenvalue weighted by Gasteiger charge is 2.18. The second-order valence-corrected chi connectivity index (χ2v) is 4.94. The Hall–Kier alpha value is -1.09. The number of halogens is 1. The van der Waals surface area contributed by atoms with Crippen molar-refractivity contribution < 1.29 is 4.39 Å². The van der Waals surface area contributed by atoms with Crippen LogP contribution >= 0.6 is 0 Å². The molecule has 1 fully saturated rings. The Morgan fingerprint density at radius 3 is 2.71 bits per heavy atom. The normalized spacial score (nSPS) is 18.5. The first-order valence-corrected chi connectivity index (χ1v) is 6.46. The Morgan fingerprint density at radius 1 is 1.35 bits per heavy atom. The summed E-state index contributed by atoms with van der Waals surface area (Å²) in [6.45, 7) is 5.24. The fraction of sp³-hybridized carbons (Fsp3) is 0.571. The number of benzene rings is 1. The Kier molecular flexibility index (Phi) is 4.00. The first-order chi connectivity index (χ1) is 8.20. The molecule has 1 heterocycles. The van der Waals surface area contributed by atoms with Crippen LogP contribution in [0.25, 0.3) is 0 Å². The SMILES string of the molecule is CCC1CCN(Cc2cccc(F)c2N)CC1. The molecule has 2 nitrogen and oxygen atoms in total. The fourth-order valence-electron chi connectivity index (χ4n) is 2.51. The number of para-hydroxylation sites is 1. The summed E-state index contributed by atoms with van der Waals surface area (Å²) in [5.41, 5.74) is 6.98. The Bertz CT molecular complexity index is 370. The number of hydrogen-bond donors (Lipinski definition) is 1. The molecule has 0 radical (unpaired) electrons. The van der Waals surface area contributed by atoms with Gasteiger partial charge in [-0.2, -0.15) is 0 Å². The number of nitrogens with two attached hydrogens (primary N) is 1. The van der Waals surface area contributed by atoms with Crippen molar-refractivity contribution in [3.63, 3.8) is 0 Å². The van der Waals surface area contributed by atoms with Gasteiger partial charge in [0.25, 0.3) is 0 Å². The molecule has 1 aliphatic heterocycles. The van der Waals surface area contributed by atoms with Gasteiger partial charge in [0.1, 0.15) is 5.82 Å². The van der Waals surface area contributed by atoms with Crippen LogP contribution in [0.5, 0.6) is 0 Å². The zero-order chi connectivity index (χ0) is 12.3. The molecule has 0 amide bonds. The van der Waals surface area contributed by atoms with Gasteiger partial charge in [-0.1, -0.05) is 25.5 Å². The molecular formula is C14H21FN2. The largest absolute Gasteiger partial charge is 0.396 e. The van der Waals surface area contributed by atoms with E-state index < -0.39 is 0 Å². The van der Waals surface area contributed by atoms with Crippen LogP contribution in [-0.4, -0.2) is 18.0 Å². The minimum atomic E-state index is -0.300. The van der Waals surface area contributed by atoms with Crippen molar-refractivity contribution >= 4 is 5.69 Å². The van der Waals surface area contributed by atoms with Crippen molar-refractivity contribution in [2.24, 2.45) is 5.92 Å². The monoisotopic (exact) mass is 236 g/mol. The average Bonchev–Trinajstić information content (AvgIpc) is 2.36. The summed E-state index contributed by atoms with van der Waals surface area (Å²) in [5, 5.41) is 0. The molecule has 0 aliphatic carbocycles. The summed E-state index contributed by atoms with van der Waals surface area (Å²) in [6, 6.07) is 5.08. The number of hydrogen-bond acceptors (Lipinski definition) is 2. The Labute approximate surface area is 103 Å². The van der Waals surface area contributed by atoms with Crippen LogP contribution in [0.2, 0.25) is 0 Å². The van der Waals surface area contributed by atoms with Crippen molar-refractivity contribution in [2.75, 3.05) is 18.8 Å². The molecule has 0 bridgehead atoms. The van der Waals surface area contributed by atoms with E-state index in [1.165, 1.54) is 25.3 Å². The maximum absolute atomic E-state index is 13.3. The van der Waals surface area contributed by atoms with Crippen LogP contribution in [0.15, 0.2) is 18.2 Å². The van der Waals surface area contributed by atoms with E-state index in [1.54, 1.807) is 6.07 Å². The number of rotatable bonds is 3. The second-order valence-electron chi connectivity index (χ2n) is 4.94. The highest BCUT2D eigenvalue weighted by Crippen LogP contribution is 2.23. The molecule has 0 spiro atoms. The highest BCUT2D eigenvalue weighted by molar-refractivity contribution is 5.47. The lowest BCUT2D eigenvalue weighted by Gasteiger charge is -2.31. The molecule has 1 aromatic carbocycles. The third-order valence-corrected chi connectivity index (χ3v) is 3.82. The number of piperidine rings is 1. The van der Waals surface area contributed by atoms with E-state index >= 15 is 0 Å². The number of nitrogen functional groups attached to an aromatic ring is 1. The lowest BCUT2D eigenvalue weighted by atomic mass is 9.94. The van der Waals surface area contributed by atoms with Gasteiger partial charge in [-0.25, -0.2) is 4.39 Å². The summed E-state index contributed by atoms with van der Waals surface area (Å²) < 4.78 is 13.3. The van der Waals surface area contributed by atoms with Crippen molar-refractivity contribution in [3.05, 3.63) is 29.6 Å². The van der Waals surface area contributed by atoms with Gasteiger partial charge in [0, 0.05) is 6.54 Å². The molecule has 0 unspecified atom stereocenters. The van der Waals surface area contributed by atoms with E-state index in [4.69, 9.17) is 5.73 Å². The lowest BCUT2D eigenvalue weighted by molar-refractivity contribution is 0.175. The van der Waals surface area contributed by atoms with Crippen LogP contribution in [-0.2, 0) is 6.54 Å². The van der Waals surface area contributed by atoms with Crippen LogP contribution in [0, 0.1) is 11.7 Å². The van der Waals surface area contributed by atoms with E-state index in [0.29, 0.717) is 5.69 Å². The van der Waals surface area contributed by atoms with Gasteiger partial charge in [0.2, 0.25) is 0 Å². The van der Waals surface area contributed by atoms with Gasteiger partial charge in [0.05, 0.1) is 5.69 Å². The highest BCUT2D eigenvalue weighted by atomic mass is 19.1. The van der Waals surface area contributed by atoms with Crippen LogP contribution in [0.3, 0.4) is 0 Å². The number of anilines is 1. The summed E-state index contributed by atoms with van der Waals surface area (Å²) in [5.74, 6) is 0.571.